The van der Waals surface area contributed by atoms with Crippen LogP contribution in [0.5, 0.6) is 0 Å². The second kappa shape index (κ2) is 7.49. The fraction of sp³-hybridized carbons (Fsp3) is 0.688. The highest BCUT2D eigenvalue weighted by Gasteiger charge is 2.21. The Morgan fingerprint density at radius 1 is 1.37 bits per heavy atom. The van der Waals surface area contributed by atoms with Crippen molar-refractivity contribution in [3.63, 3.8) is 0 Å². The Balaban J connectivity index is 1.85. The van der Waals surface area contributed by atoms with Crippen molar-refractivity contribution in [2.24, 2.45) is 5.92 Å². The molecule has 1 atom stereocenters. The summed E-state index contributed by atoms with van der Waals surface area (Å²) >= 11 is 0. The van der Waals surface area contributed by atoms with Crippen molar-refractivity contribution in [2.75, 3.05) is 25.0 Å². The van der Waals surface area contributed by atoms with Gasteiger partial charge in [0.15, 0.2) is 0 Å². The van der Waals surface area contributed by atoms with Gasteiger partial charge in [-0.3, -0.25) is 4.90 Å². The Labute approximate surface area is 117 Å². The molecule has 0 amide bonds. The molecule has 1 aliphatic rings. The molecule has 1 fully saturated rings. The van der Waals surface area contributed by atoms with E-state index in [-0.39, 0.29) is 0 Å². The van der Waals surface area contributed by atoms with Crippen molar-refractivity contribution in [1.82, 2.24) is 9.88 Å². The van der Waals surface area contributed by atoms with Gasteiger partial charge in [-0.15, -0.1) is 0 Å². The van der Waals surface area contributed by atoms with Gasteiger partial charge in [-0.25, -0.2) is 4.98 Å². The Hall–Kier alpha value is -1.09. The number of aromatic nitrogens is 1. The molecule has 0 aromatic carbocycles. The Morgan fingerprint density at radius 3 is 3.05 bits per heavy atom. The van der Waals surface area contributed by atoms with Gasteiger partial charge in [0.1, 0.15) is 5.82 Å². The summed E-state index contributed by atoms with van der Waals surface area (Å²) in [5, 5.41) is 3.36. The van der Waals surface area contributed by atoms with Crippen molar-refractivity contribution < 1.29 is 0 Å². The van der Waals surface area contributed by atoms with E-state index in [0.29, 0.717) is 0 Å². The van der Waals surface area contributed by atoms with Gasteiger partial charge in [0.2, 0.25) is 0 Å². The van der Waals surface area contributed by atoms with E-state index < -0.39 is 0 Å². The minimum Gasteiger partial charge on any atom is -0.370 e. The Morgan fingerprint density at radius 2 is 2.26 bits per heavy atom. The second-order valence-corrected chi connectivity index (χ2v) is 5.65. The number of hydrogen-bond acceptors (Lipinski definition) is 3. The molecule has 1 aromatic heterocycles. The molecule has 1 saturated heterocycles. The topological polar surface area (TPSA) is 28.2 Å². The average Bonchev–Trinajstić information content (AvgIpc) is 2.85. The molecule has 3 nitrogen and oxygen atoms in total. The SMILES string of the molecule is CCCNc1cc(CN2CCC(CCC)C2)ccn1. The third-order valence-electron chi connectivity index (χ3n) is 3.85. The van der Waals surface area contributed by atoms with Crippen LogP contribution >= 0.6 is 0 Å². The number of rotatable bonds is 7. The molecule has 0 spiro atoms. The van der Waals surface area contributed by atoms with E-state index in [2.05, 4.69) is 41.2 Å². The lowest BCUT2D eigenvalue weighted by Gasteiger charge is -2.16. The fourth-order valence-corrected chi connectivity index (χ4v) is 2.88. The van der Waals surface area contributed by atoms with Crippen molar-refractivity contribution in [2.45, 2.75) is 46.1 Å². The molecule has 1 aliphatic heterocycles. The first-order chi connectivity index (χ1) is 9.31. The maximum absolute atomic E-state index is 4.37. The van der Waals surface area contributed by atoms with Gasteiger partial charge in [-0.1, -0.05) is 20.3 Å². The van der Waals surface area contributed by atoms with Crippen molar-refractivity contribution in [3.05, 3.63) is 23.9 Å². The lowest BCUT2D eigenvalue weighted by atomic mass is 10.0. The Kier molecular flexibility index (Phi) is 5.64. The van der Waals surface area contributed by atoms with Crippen LogP contribution in [0, 0.1) is 5.92 Å². The summed E-state index contributed by atoms with van der Waals surface area (Å²) in [6.07, 6.45) is 7.14. The molecule has 0 aliphatic carbocycles. The van der Waals surface area contributed by atoms with Gasteiger partial charge in [0.05, 0.1) is 0 Å². The minimum absolute atomic E-state index is 0.921. The van der Waals surface area contributed by atoms with Crippen LogP contribution in [-0.4, -0.2) is 29.5 Å². The third-order valence-corrected chi connectivity index (χ3v) is 3.85. The average molecular weight is 261 g/mol. The first-order valence-corrected chi connectivity index (χ1v) is 7.73. The van der Waals surface area contributed by atoms with E-state index >= 15 is 0 Å². The summed E-state index contributed by atoms with van der Waals surface area (Å²) in [5.41, 5.74) is 1.38. The van der Waals surface area contributed by atoms with Crippen molar-refractivity contribution >= 4 is 5.82 Å². The summed E-state index contributed by atoms with van der Waals surface area (Å²) in [6, 6.07) is 4.34. The van der Waals surface area contributed by atoms with E-state index in [1.54, 1.807) is 0 Å². The molecule has 2 heterocycles. The van der Waals surface area contributed by atoms with E-state index in [4.69, 9.17) is 0 Å². The highest BCUT2D eigenvalue weighted by molar-refractivity contribution is 5.37. The smallest absolute Gasteiger partial charge is 0.126 e. The van der Waals surface area contributed by atoms with E-state index in [1.165, 1.54) is 37.9 Å². The van der Waals surface area contributed by atoms with Crippen molar-refractivity contribution in [3.8, 4) is 0 Å². The van der Waals surface area contributed by atoms with E-state index in [9.17, 15) is 0 Å². The fourth-order valence-electron chi connectivity index (χ4n) is 2.88. The number of anilines is 1. The molecule has 3 heteroatoms. The van der Waals surface area contributed by atoms with Crippen LogP contribution < -0.4 is 5.32 Å². The predicted octanol–water partition coefficient (Wildman–Crippen LogP) is 3.53. The van der Waals surface area contributed by atoms with Gasteiger partial charge >= 0.3 is 0 Å². The quantitative estimate of drug-likeness (QED) is 0.814. The second-order valence-electron chi connectivity index (χ2n) is 5.65. The summed E-state index contributed by atoms with van der Waals surface area (Å²) in [4.78, 5) is 6.95. The first-order valence-electron chi connectivity index (χ1n) is 7.73. The molecule has 1 unspecified atom stereocenters. The standard InChI is InChI=1S/C16H27N3/c1-3-5-14-7-10-19(12-14)13-15-6-9-18-16(11-15)17-8-4-2/h6,9,11,14H,3-5,7-8,10,12-13H2,1-2H3,(H,17,18). The zero-order valence-corrected chi connectivity index (χ0v) is 12.4. The zero-order chi connectivity index (χ0) is 13.5. The van der Waals surface area contributed by atoms with Crippen LogP contribution in [0.1, 0.15) is 45.1 Å². The Bertz CT molecular complexity index is 378. The van der Waals surface area contributed by atoms with Crippen LogP contribution in [0.3, 0.4) is 0 Å². The highest BCUT2D eigenvalue weighted by atomic mass is 15.1. The molecule has 0 saturated carbocycles. The summed E-state index contributed by atoms with van der Waals surface area (Å²) in [6.45, 7) is 9.06. The largest absolute Gasteiger partial charge is 0.370 e. The van der Waals surface area contributed by atoms with Crippen LogP contribution in [0.25, 0.3) is 0 Å². The van der Waals surface area contributed by atoms with Crippen LogP contribution in [0.15, 0.2) is 18.3 Å². The van der Waals surface area contributed by atoms with Crippen LogP contribution in [0.2, 0.25) is 0 Å². The lowest BCUT2D eigenvalue weighted by Crippen LogP contribution is -2.20. The molecule has 19 heavy (non-hydrogen) atoms. The predicted molar refractivity (Wildman–Crippen MR) is 81.3 cm³/mol. The maximum atomic E-state index is 4.37. The number of hydrogen-bond donors (Lipinski definition) is 1. The minimum atomic E-state index is 0.921. The van der Waals surface area contributed by atoms with Gasteiger partial charge in [0, 0.05) is 25.8 Å². The molecule has 0 bridgehead atoms. The molecule has 1 aromatic rings. The van der Waals surface area contributed by atoms with E-state index in [1.807, 2.05) is 6.20 Å². The normalized spacial score (nSPS) is 19.8. The van der Waals surface area contributed by atoms with E-state index in [0.717, 1.165) is 31.2 Å². The van der Waals surface area contributed by atoms with Gasteiger partial charge in [-0.05, 0) is 49.4 Å². The molecular formula is C16H27N3. The zero-order valence-electron chi connectivity index (χ0n) is 12.4. The molecule has 0 radical (unpaired) electrons. The summed E-state index contributed by atoms with van der Waals surface area (Å²) in [7, 11) is 0. The highest BCUT2D eigenvalue weighted by Crippen LogP contribution is 2.22. The maximum Gasteiger partial charge on any atom is 0.126 e. The summed E-state index contributed by atoms with van der Waals surface area (Å²) < 4.78 is 0. The van der Waals surface area contributed by atoms with Crippen LogP contribution in [-0.2, 0) is 6.54 Å². The molecule has 106 valence electrons. The van der Waals surface area contributed by atoms with Crippen molar-refractivity contribution in [1.29, 1.82) is 0 Å². The van der Waals surface area contributed by atoms with Gasteiger partial charge in [-0.2, -0.15) is 0 Å². The number of pyridine rings is 1. The molecular weight excluding hydrogens is 234 g/mol. The van der Waals surface area contributed by atoms with Crippen LogP contribution in [0.4, 0.5) is 5.82 Å². The lowest BCUT2D eigenvalue weighted by molar-refractivity contribution is 0.313. The number of nitrogens with zero attached hydrogens (tertiary/aromatic N) is 2. The first kappa shape index (κ1) is 14.3. The molecule has 2 rings (SSSR count). The molecule has 1 N–H and O–H groups in total. The summed E-state index contributed by atoms with van der Waals surface area (Å²) in [5.74, 6) is 1.94. The monoisotopic (exact) mass is 261 g/mol. The number of nitrogens with one attached hydrogen (secondary N) is 1. The van der Waals surface area contributed by atoms with Gasteiger partial charge in [0.25, 0.3) is 0 Å². The third kappa shape index (κ3) is 4.50. The van der Waals surface area contributed by atoms with Gasteiger partial charge < -0.3 is 5.32 Å². The number of likely N-dealkylation sites (tertiary alicyclic amines) is 1.